The number of rotatable bonds is 4. The lowest BCUT2D eigenvalue weighted by molar-refractivity contribution is -0.135. The van der Waals surface area contributed by atoms with E-state index < -0.39 is 15.6 Å². The molecule has 1 aromatic carbocycles. The van der Waals surface area contributed by atoms with E-state index in [1.165, 1.54) is 34.8 Å². The van der Waals surface area contributed by atoms with Gasteiger partial charge in [-0.1, -0.05) is 23.2 Å². The second kappa shape index (κ2) is 8.90. The number of hydrogen-bond donors (Lipinski definition) is 0. The Labute approximate surface area is 190 Å². The third kappa shape index (κ3) is 4.37. The van der Waals surface area contributed by atoms with E-state index in [1.54, 1.807) is 0 Å². The highest BCUT2D eigenvalue weighted by atomic mass is 35.5. The van der Waals surface area contributed by atoms with E-state index in [2.05, 4.69) is 5.10 Å². The molecule has 11 heteroatoms. The summed E-state index contributed by atoms with van der Waals surface area (Å²) in [4.78, 5) is 26.8. The van der Waals surface area contributed by atoms with Gasteiger partial charge >= 0.3 is 0 Å². The summed E-state index contributed by atoms with van der Waals surface area (Å²) in [6.45, 7) is 2.23. The van der Waals surface area contributed by atoms with Crippen molar-refractivity contribution in [2.24, 2.45) is 5.92 Å². The molecule has 2 fully saturated rings. The van der Waals surface area contributed by atoms with Crippen LogP contribution in [0.5, 0.6) is 0 Å². The van der Waals surface area contributed by atoms with Crippen molar-refractivity contribution >= 4 is 39.1 Å². The molecule has 4 rings (SSSR count). The number of sulfonamides is 1. The van der Waals surface area contributed by atoms with Crippen LogP contribution in [0.2, 0.25) is 10.0 Å². The number of aromatic nitrogens is 2. The van der Waals surface area contributed by atoms with Crippen LogP contribution in [-0.4, -0.2) is 59.5 Å². The first-order valence-corrected chi connectivity index (χ1v) is 12.3. The van der Waals surface area contributed by atoms with Gasteiger partial charge in [0, 0.05) is 32.1 Å². The number of carbonyl (C=O) groups excluding carboxylic acids is 1. The summed E-state index contributed by atoms with van der Waals surface area (Å²) in [6, 6.07) is 5.86. The largest absolute Gasteiger partial charge is 0.342 e. The van der Waals surface area contributed by atoms with Gasteiger partial charge in [0.25, 0.3) is 5.56 Å². The molecule has 2 aliphatic heterocycles. The summed E-state index contributed by atoms with van der Waals surface area (Å²) < 4.78 is 28.6. The molecule has 2 aromatic rings. The molecule has 0 spiro atoms. The van der Waals surface area contributed by atoms with E-state index in [0.29, 0.717) is 31.6 Å². The molecule has 2 aliphatic rings. The van der Waals surface area contributed by atoms with Crippen LogP contribution in [-0.2, 0) is 14.8 Å². The molecule has 166 valence electrons. The average Bonchev–Trinajstić information content (AvgIpc) is 3.32. The van der Waals surface area contributed by atoms with Gasteiger partial charge in [-0.3, -0.25) is 9.59 Å². The Morgan fingerprint density at radius 2 is 1.61 bits per heavy atom. The highest BCUT2D eigenvalue weighted by Gasteiger charge is 2.34. The Kier molecular flexibility index (Phi) is 6.39. The molecule has 0 N–H and O–H groups in total. The molecule has 0 atom stereocenters. The van der Waals surface area contributed by atoms with Crippen LogP contribution in [0.15, 0.2) is 40.2 Å². The van der Waals surface area contributed by atoms with Gasteiger partial charge < -0.3 is 4.90 Å². The van der Waals surface area contributed by atoms with Gasteiger partial charge in [0.15, 0.2) is 0 Å². The zero-order chi connectivity index (χ0) is 22.2. The van der Waals surface area contributed by atoms with Crippen molar-refractivity contribution in [3.8, 4) is 5.69 Å². The van der Waals surface area contributed by atoms with Gasteiger partial charge in [-0.2, -0.15) is 14.1 Å². The minimum Gasteiger partial charge on any atom is -0.342 e. The first-order chi connectivity index (χ1) is 14.8. The van der Waals surface area contributed by atoms with Gasteiger partial charge in [0.2, 0.25) is 15.9 Å². The molecule has 1 amide bonds. The minimum atomic E-state index is -3.70. The fourth-order valence-corrected chi connectivity index (χ4v) is 5.77. The van der Waals surface area contributed by atoms with Gasteiger partial charge in [-0.15, -0.1) is 0 Å². The standard InChI is InChI=1S/C20H22Cl2N4O4S/c21-17-13-23-26(20(28)18(17)22)15-3-5-16(6-4-15)31(29,30)25-11-7-14(8-12-25)19(27)24-9-1-2-10-24/h3-6,13-14H,1-2,7-12H2. The molecule has 0 radical (unpaired) electrons. The predicted octanol–water partition coefficient (Wildman–Crippen LogP) is 2.56. The Bertz CT molecular complexity index is 1140. The normalized spacial score (nSPS) is 18.5. The van der Waals surface area contributed by atoms with Gasteiger partial charge in [-0.25, -0.2) is 8.42 Å². The number of carbonyl (C=O) groups is 1. The second-order valence-electron chi connectivity index (χ2n) is 7.73. The Morgan fingerprint density at radius 3 is 2.23 bits per heavy atom. The van der Waals surface area contributed by atoms with Crippen LogP contribution in [0.3, 0.4) is 0 Å². The highest BCUT2D eigenvalue weighted by molar-refractivity contribution is 7.89. The fourth-order valence-electron chi connectivity index (χ4n) is 4.04. The SMILES string of the molecule is O=C(C1CCN(S(=O)(=O)c2ccc(-n3ncc(Cl)c(Cl)c3=O)cc2)CC1)N1CCCC1. The maximum Gasteiger partial charge on any atom is 0.291 e. The maximum atomic E-state index is 13.0. The van der Waals surface area contributed by atoms with Crippen molar-refractivity contribution in [2.45, 2.75) is 30.6 Å². The molecule has 3 heterocycles. The molecule has 1 aromatic heterocycles. The van der Waals surface area contributed by atoms with E-state index in [-0.39, 0.29) is 26.8 Å². The monoisotopic (exact) mass is 484 g/mol. The van der Waals surface area contributed by atoms with E-state index in [9.17, 15) is 18.0 Å². The molecule has 0 bridgehead atoms. The number of likely N-dealkylation sites (tertiary alicyclic amines) is 1. The van der Waals surface area contributed by atoms with Crippen LogP contribution >= 0.6 is 23.2 Å². The molecule has 0 aliphatic carbocycles. The third-order valence-corrected chi connectivity index (χ3v) is 8.48. The van der Waals surface area contributed by atoms with Crippen molar-refractivity contribution in [2.75, 3.05) is 26.2 Å². The first kappa shape index (κ1) is 22.3. The fraction of sp³-hybridized carbons (Fsp3) is 0.450. The van der Waals surface area contributed by atoms with Gasteiger partial charge in [0.05, 0.1) is 21.8 Å². The number of piperidine rings is 1. The molecule has 0 unspecified atom stereocenters. The minimum absolute atomic E-state index is 0.0498. The summed E-state index contributed by atoms with van der Waals surface area (Å²) in [5, 5.41) is 3.84. The molecule has 8 nitrogen and oxygen atoms in total. The van der Waals surface area contributed by atoms with E-state index in [1.807, 2.05) is 4.90 Å². The van der Waals surface area contributed by atoms with Crippen molar-refractivity contribution in [3.05, 3.63) is 50.9 Å². The molecule has 2 saturated heterocycles. The average molecular weight is 485 g/mol. The van der Waals surface area contributed by atoms with Crippen molar-refractivity contribution in [1.82, 2.24) is 19.0 Å². The molecule has 0 saturated carbocycles. The number of nitrogens with zero attached hydrogens (tertiary/aromatic N) is 4. The van der Waals surface area contributed by atoms with Crippen molar-refractivity contribution in [1.29, 1.82) is 0 Å². The Hall–Kier alpha value is -1.94. The summed E-state index contributed by atoms with van der Waals surface area (Å²) >= 11 is 11.7. The lowest BCUT2D eigenvalue weighted by Crippen LogP contribution is -2.43. The summed E-state index contributed by atoms with van der Waals surface area (Å²) in [6.07, 6.45) is 4.38. The van der Waals surface area contributed by atoms with Crippen molar-refractivity contribution < 1.29 is 13.2 Å². The molecule has 31 heavy (non-hydrogen) atoms. The smallest absolute Gasteiger partial charge is 0.291 e. The number of benzene rings is 1. The van der Waals surface area contributed by atoms with Crippen LogP contribution in [0.4, 0.5) is 0 Å². The highest BCUT2D eigenvalue weighted by Crippen LogP contribution is 2.27. The lowest BCUT2D eigenvalue weighted by Gasteiger charge is -2.32. The first-order valence-electron chi connectivity index (χ1n) is 10.1. The van der Waals surface area contributed by atoms with Crippen molar-refractivity contribution in [3.63, 3.8) is 0 Å². The summed E-state index contributed by atoms with van der Waals surface area (Å²) in [5.74, 6) is 0.0398. The maximum absolute atomic E-state index is 13.0. The van der Waals surface area contributed by atoms with Gasteiger partial charge in [0.1, 0.15) is 5.02 Å². The van der Waals surface area contributed by atoms with Crippen LogP contribution in [0.25, 0.3) is 5.69 Å². The van der Waals surface area contributed by atoms with Crippen LogP contribution in [0, 0.1) is 5.92 Å². The second-order valence-corrected chi connectivity index (χ2v) is 10.5. The summed E-state index contributed by atoms with van der Waals surface area (Å²) in [7, 11) is -3.70. The van der Waals surface area contributed by atoms with E-state index >= 15 is 0 Å². The quantitative estimate of drug-likeness (QED) is 0.664. The summed E-state index contributed by atoms with van der Waals surface area (Å²) in [5.41, 5.74) is -0.216. The van der Waals surface area contributed by atoms with Gasteiger partial charge in [-0.05, 0) is 49.9 Å². The Morgan fingerprint density at radius 1 is 1.00 bits per heavy atom. The number of hydrogen-bond acceptors (Lipinski definition) is 5. The number of halogens is 2. The lowest BCUT2D eigenvalue weighted by atomic mass is 9.97. The van der Waals surface area contributed by atoms with E-state index in [0.717, 1.165) is 30.6 Å². The molecular formula is C20H22Cl2N4O4S. The number of amides is 1. The van der Waals surface area contributed by atoms with Crippen LogP contribution in [0.1, 0.15) is 25.7 Å². The van der Waals surface area contributed by atoms with Crippen LogP contribution < -0.4 is 5.56 Å². The zero-order valence-corrected chi connectivity index (χ0v) is 19.0. The topological polar surface area (TPSA) is 92.6 Å². The zero-order valence-electron chi connectivity index (χ0n) is 16.7. The predicted molar refractivity (Wildman–Crippen MR) is 117 cm³/mol. The Balaban J connectivity index is 1.46. The third-order valence-electron chi connectivity index (χ3n) is 5.82. The van der Waals surface area contributed by atoms with E-state index in [4.69, 9.17) is 23.2 Å². The molecular weight excluding hydrogens is 463 g/mol.